The van der Waals surface area contributed by atoms with Gasteiger partial charge in [0.1, 0.15) is 11.9 Å². The number of hydrogen-bond acceptors (Lipinski definition) is 4. The van der Waals surface area contributed by atoms with Gasteiger partial charge in [0, 0.05) is 17.9 Å². The van der Waals surface area contributed by atoms with E-state index in [1.165, 1.54) is 12.8 Å². The van der Waals surface area contributed by atoms with Crippen molar-refractivity contribution in [1.29, 1.82) is 0 Å². The summed E-state index contributed by atoms with van der Waals surface area (Å²) in [5.41, 5.74) is 1.69. The van der Waals surface area contributed by atoms with Gasteiger partial charge in [0.25, 0.3) is 11.8 Å². The Hall–Kier alpha value is -2.86. The molecule has 4 rings (SSSR count). The van der Waals surface area contributed by atoms with Crippen LogP contribution < -0.4 is 15.4 Å². The zero-order chi connectivity index (χ0) is 20.1. The van der Waals surface area contributed by atoms with E-state index < -0.39 is 6.10 Å². The van der Waals surface area contributed by atoms with Gasteiger partial charge in [0.15, 0.2) is 0 Å². The maximum atomic E-state index is 12.8. The molecule has 0 spiro atoms. The van der Waals surface area contributed by atoms with E-state index >= 15 is 0 Å². The minimum Gasteiger partial charge on any atom is -0.488 e. The lowest BCUT2D eigenvalue weighted by Gasteiger charge is -2.17. The quantitative estimate of drug-likeness (QED) is 0.762. The number of ether oxygens (including phenoxy) is 2. The Kier molecular flexibility index (Phi) is 6.10. The SMILES string of the molecule is O=C(Nc1ccccc1OC1CCCC1)c1cccc(NC(=O)C2CCCO2)c1. The molecular formula is C23H26N2O4. The second-order valence-corrected chi connectivity index (χ2v) is 7.55. The highest BCUT2D eigenvalue weighted by molar-refractivity contribution is 6.06. The van der Waals surface area contributed by atoms with Crippen molar-refractivity contribution < 1.29 is 19.1 Å². The number of nitrogens with one attached hydrogen (secondary N) is 2. The van der Waals surface area contributed by atoms with Crippen molar-refractivity contribution in [2.24, 2.45) is 0 Å². The molecule has 1 aliphatic carbocycles. The lowest BCUT2D eigenvalue weighted by atomic mass is 10.1. The highest BCUT2D eigenvalue weighted by atomic mass is 16.5. The third kappa shape index (κ3) is 4.95. The Balaban J connectivity index is 1.43. The van der Waals surface area contributed by atoms with Crippen LogP contribution in [0.2, 0.25) is 0 Å². The molecular weight excluding hydrogens is 368 g/mol. The number of benzene rings is 2. The van der Waals surface area contributed by atoms with Crippen LogP contribution >= 0.6 is 0 Å². The Labute approximate surface area is 170 Å². The zero-order valence-corrected chi connectivity index (χ0v) is 16.4. The van der Waals surface area contributed by atoms with E-state index in [0.29, 0.717) is 29.3 Å². The third-order valence-corrected chi connectivity index (χ3v) is 5.35. The van der Waals surface area contributed by atoms with Crippen molar-refractivity contribution in [3.8, 4) is 5.75 Å². The van der Waals surface area contributed by atoms with Crippen LogP contribution in [0.3, 0.4) is 0 Å². The van der Waals surface area contributed by atoms with Crippen LogP contribution in [0.4, 0.5) is 11.4 Å². The molecule has 1 atom stereocenters. The van der Waals surface area contributed by atoms with Gasteiger partial charge >= 0.3 is 0 Å². The number of carbonyl (C=O) groups excluding carboxylic acids is 2. The van der Waals surface area contributed by atoms with E-state index in [1.54, 1.807) is 24.3 Å². The van der Waals surface area contributed by atoms with Crippen molar-refractivity contribution in [2.45, 2.75) is 50.7 Å². The van der Waals surface area contributed by atoms with E-state index in [4.69, 9.17) is 9.47 Å². The van der Waals surface area contributed by atoms with Gasteiger partial charge in [-0.25, -0.2) is 0 Å². The summed E-state index contributed by atoms with van der Waals surface area (Å²) in [6, 6.07) is 14.4. The highest BCUT2D eigenvalue weighted by Crippen LogP contribution is 2.30. The van der Waals surface area contributed by atoms with Crippen LogP contribution in [-0.2, 0) is 9.53 Å². The number of rotatable bonds is 6. The summed E-state index contributed by atoms with van der Waals surface area (Å²) in [6.07, 6.45) is 5.89. The van der Waals surface area contributed by atoms with Crippen LogP contribution in [0.15, 0.2) is 48.5 Å². The first kappa shape index (κ1) is 19.5. The zero-order valence-electron chi connectivity index (χ0n) is 16.4. The molecule has 2 aromatic rings. The van der Waals surface area contributed by atoms with Gasteiger partial charge in [-0.05, 0) is 68.9 Å². The van der Waals surface area contributed by atoms with Crippen LogP contribution in [0.1, 0.15) is 48.9 Å². The molecule has 1 saturated heterocycles. The molecule has 29 heavy (non-hydrogen) atoms. The third-order valence-electron chi connectivity index (χ3n) is 5.35. The first-order valence-corrected chi connectivity index (χ1v) is 10.3. The summed E-state index contributed by atoms with van der Waals surface area (Å²) in [5.74, 6) is 0.270. The molecule has 1 unspecified atom stereocenters. The molecule has 6 heteroatoms. The summed E-state index contributed by atoms with van der Waals surface area (Å²) in [4.78, 5) is 25.0. The smallest absolute Gasteiger partial charge is 0.255 e. The topological polar surface area (TPSA) is 76.7 Å². The van der Waals surface area contributed by atoms with Gasteiger partial charge in [0.05, 0.1) is 11.8 Å². The summed E-state index contributed by atoms with van der Waals surface area (Å²) in [6.45, 7) is 0.614. The molecule has 0 bridgehead atoms. The minimum absolute atomic E-state index is 0.171. The van der Waals surface area contributed by atoms with E-state index in [-0.39, 0.29) is 17.9 Å². The molecule has 0 aromatic heterocycles. The number of anilines is 2. The van der Waals surface area contributed by atoms with E-state index in [0.717, 1.165) is 25.7 Å². The van der Waals surface area contributed by atoms with Crippen molar-refractivity contribution in [3.05, 3.63) is 54.1 Å². The summed E-state index contributed by atoms with van der Waals surface area (Å²) in [7, 11) is 0. The number of para-hydroxylation sites is 2. The second-order valence-electron chi connectivity index (χ2n) is 7.55. The molecule has 2 fully saturated rings. The van der Waals surface area contributed by atoms with Gasteiger partial charge in [-0.2, -0.15) is 0 Å². The normalized spacial score (nSPS) is 19.1. The molecule has 1 heterocycles. The van der Waals surface area contributed by atoms with Crippen LogP contribution in [-0.4, -0.2) is 30.6 Å². The van der Waals surface area contributed by atoms with E-state index in [2.05, 4.69) is 10.6 Å². The molecule has 6 nitrogen and oxygen atoms in total. The predicted molar refractivity (Wildman–Crippen MR) is 111 cm³/mol. The summed E-state index contributed by atoms with van der Waals surface area (Å²) in [5, 5.41) is 5.77. The summed E-state index contributed by atoms with van der Waals surface area (Å²) < 4.78 is 11.5. The Morgan fingerprint density at radius 2 is 1.76 bits per heavy atom. The molecule has 0 radical (unpaired) electrons. The summed E-state index contributed by atoms with van der Waals surface area (Å²) >= 11 is 0. The fourth-order valence-electron chi connectivity index (χ4n) is 3.80. The Morgan fingerprint density at radius 1 is 0.931 bits per heavy atom. The fourth-order valence-corrected chi connectivity index (χ4v) is 3.80. The lowest BCUT2D eigenvalue weighted by molar-refractivity contribution is -0.124. The second kappa shape index (κ2) is 9.09. The molecule has 2 aliphatic rings. The van der Waals surface area contributed by atoms with Gasteiger partial charge in [-0.3, -0.25) is 9.59 Å². The average molecular weight is 394 g/mol. The first-order valence-electron chi connectivity index (χ1n) is 10.3. The van der Waals surface area contributed by atoms with Gasteiger partial charge in [0.2, 0.25) is 0 Å². The Morgan fingerprint density at radius 3 is 2.55 bits per heavy atom. The van der Waals surface area contributed by atoms with Crippen molar-refractivity contribution in [2.75, 3.05) is 17.2 Å². The van der Waals surface area contributed by atoms with E-state index in [9.17, 15) is 9.59 Å². The molecule has 2 aromatic carbocycles. The van der Waals surface area contributed by atoms with Crippen molar-refractivity contribution in [1.82, 2.24) is 0 Å². The van der Waals surface area contributed by atoms with E-state index in [1.807, 2.05) is 24.3 Å². The van der Waals surface area contributed by atoms with Crippen molar-refractivity contribution >= 4 is 23.2 Å². The van der Waals surface area contributed by atoms with Gasteiger partial charge < -0.3 is 20.1 Å². The fraction of sp³-hybridized carbons (Fsp3) is 0.391. The first-order chi connectivity index (χ1) is 14.2. The van der Waals surface area contributed by atoms with Crippen LogP contribution in [0.25, 0.3) is 0 Å². The molecule has 1 aliphatic heterocycles. The maximum Gasteiger partial charge on any atom is 0.255 e. The number of hydrogen-bond donors (Lipinski definition) is 2. The van der Waals surface area contributed by atoms with Crippen LogP contribution in [0, 0.1) is 0 Å². The monoisotopic (exact) mass is 394 g/mol. The van der Waals surface area contributed by atoms with Crippen molar-refractivity contribution in [3.63, 3.8) is 0 Å². The van der Waals surface area contributed by atoms with Crippen LogP contribution in [0.5, 0.6) is 5.75 Å². The minimum atomic E-state index is -0.410. The molecule has 1 saturated carbocycles. The highest BCUT2D eigenvalue weighted by Gasteiger charge is 2.24. The number of amides is 2. The number of carbonyl (C=O) groups is 2. The molecule has 2 amide bonds. The average Bonchev–Trinajstić information content (AvgIpc) is 3.44. The predicted octanol–water partition coefficient (Wildman–Crippen LogP) is 4.38. The molecule has 2 N–H and O–H groups in total. The van der Waals surface area contributed by atoms with Gasteiger partial charge in [-0.15, -0.1) is 0 Å². The largest absolute Gasteiger partial charge is 0.488 e. The lowest BCUT2D eigenvalue weighted by Crippen LogP contribution is -2.27. The van der Waals surface area contributed by atoms with Gasteiger partial charge in [-0.1, -0.05) is 18.2 Å². The Bertz CT molecular complexity index is 871. The standard InChI is InChI=1S/C23H26N2O4/c26-22(25-19-11-3-4-12-20(19)29-18-9-1-2-10-18)16-7-5-8-17(15-16)24-23(27)21-13-6-14-28-21/h3-5,7-8,11-12,15,18,21H,1-2,6,9-10,13-14H2,(H,24,27)(H,25,26). The molecule has 152 valence electrons. The maximum absolute atomic E-state index is 12.8.